The second kappa shape index (κ2) is 5.36. The average Bonchev–Trinajstić information content (AvgIpc) is 3.00. The Balaban J connectivity index is 1.82. The first-order chi connectivity index (χ1) is 11.8. The van der Waals surface area contributed by atoms with Crippen molar-refractivity contribution in [1.82, 2.24) is 0 Å². The Labute approximate surface area is 144 Å². The molecule has 5 nitrogen and oxygen atoms in total. The van der Waals surface area contributed by atoms with Gasteiger partial charge in [-0.05, 0) is 49.7 Å². The highest BCUT2D eigenvalue weighted by molar-refractivity contribution is 6.05. The van der Waals surface area contributed by atoms with Gasteiger partial charge in [0.25, 0.3) is 0 Å². The number of ether oxygens (including phenoxy) is 1. The second-order valence-corrected chi connectivity index (χ2v) is 6.85. The Hall–Kier alpha value is -2.79. The summed E-state index contributed by atoms with van der Waals surface area (Å²) >= 11 is 0. The Morgan fingerprint density at radius 3 is 2.52 bits per heavy atom. The lowest BCUT2D eigenvalue weighted by Gasteiger charge is -2.26. The number of hydrogen-bond donors (Lipinski definition) is 2. The van der Waals surface area contributed by atoms with Crippen molar-refractivity contribution in [1.29, 1.82) is 0 Å². The molecule has 2 aromatic carbocycles. The molecule has 0 saturated carbocycles. The van der Waals surface area contributed by atoms with Gasteiger partial charge in [0, 0.05) is 0 Å². The third-order valence-electron chi connectivity index (χ3n) is 4.45. The molecule has 0 amide bonds. The van der Waals surface area contributed by atoms with Crippen LogP contribution in [-0.2, 0) is 5.60 Å². The number of aliphatic hydroxyl groups is 1. The molecule has 1 aliphatic heterocycles. The minimum atomic E-state index is -1.12. The maximum atomic E-state index is 12.6. The van der Waals surface area contributed by atoms with Crippen LogP contribution in [0, 0.1) is 0 Å². The number of carbonyl (C=O) groups is 1. The van der Waals surface area contributed by atoms with Crippen LogP contribution in [-0.4, -0.2) is 16.0 Å². The Bertz CT molecular complexity index is 960. The molecule has 2 N–H and O–H groups in total. The highest BCUT2D eigenvalue weighted by Crippen LogP contribution is 2.42. The van der Waals surface area contributed by atoms with Crippen molar-refractivity contribution in [3.8, 4) is 11.5 Å². The highest BCUT2D eigenvalue weighted by Gasteiger charge is 2.31. The molecule has 4 rings (SSSR count). The van der Waals surface area contributed by atoms with Crippen LogP contribution in [0.5, 0.6) is 11.5 Å². The minimum absolute atomic E-state index is 0.00719. The number of fused-ring (bicyclic) bond motifs is 3. The molecular weight excluding hydrogens is 320 g/mol. The van der Waals surface area contributed by atoms with E-state index in [-0.39, 0.29) is 18.0 Å². The summed E-state index contributed by atoms with van der Waals surface area (Å²) in [5.74, 6) is 1.05. The number of ketones is 1. The van der Waals surface area contributed by atoms with Gasteiger partial charge in [-0.2, -0.15) is 0 Å². The van der Waals surface area contributed by atoms with Crippen molar-refractivity contribution in [3.63, 3.8) is 0 Å². The van der Waals surface area contributed by atoms with Crippen molar-refractivity contribution in [2.45, 2.75) is 32.0 Å². The fourth-order valence-corrected chi connectivity index (χ4v) is 3.07. The van der Waals surface area contributed by atoms with E-state index < -0.39 is 11.7 Å². The normalized spacial score (nSPS) is 17.4. The number of Topliss-reactive ketones (excluding diaryl/α,β-unsaturated/α-hetero) is 1. The topological polar surface area (TPSA) is 79.9 Å². The van der Waals surface area contributed by atoms with E-state index in [0.29, 0.717) is 28.0 Å². The van der Waals surface area contributed by atoms with E-state index in [1.54, 1.807) is 56.3 Å². The summed E-state index contributed by atoms with van der Waals surface area (Å²) in [6, 6.07) is 11.8. The maximum Gasteiger partial charge on any atom is 0.170 e. The predicted molar refractivity (Wildman–Crippen MR) is 91.9 cm³/mol. The number of furan rings is 1. The third kappa shape index (κ3) is 2.66. The van der Waals surface area contributed by atoms with Gasteiger partial charge in [-0.1, -0.05) is 12.1 Å². The number of phenols is 1. The van der Waals surface area contributed by atoms with Crippen molar-refractivity contribution < 1.29 is 24.2 Å². The largest absolute Gasteiger partial charge is 0.508 e. The number of benzene rings is 2. The van der Waals surface area contributed by atoms with Gasteiger partial charge in [0.2, 0.25) is 0 Å². The van der Waals surface area contributed by atoms with Gasteiger partial charge in [0.15, 0.2) is 5.78 Å². The molecule has 1 aromatic heterocycles. The van der Waals surface area contributed by atoms with Gasteiger partial charge in [0.1, 0.15) is 34.5 Å². The molecule has 0 fully saturated rings. The fourth-order valence-electron chi connectivity index (χ4n) is 3.07. The van der Waals surface area contributed by atoms with Crippen molar-refractivity contribution in [3.05, 3.63) is 59.4 Å². The summed E-state index contributed by atoms with van der Waals surface area (Å²) in [6.45, 7) is 3.28. The van der Waals surface area contributed by atoms with E-state index in [2.05, 4.69) is 0 Å². The molecule has 0 bridgehead atoms. The molecule has 0 saturated heterocycles. The van der Waals surface area contributed by atoms with Gasteiger partial charge >= 0.3 is 0 Å². The molecule has 0 radical (unpaired) electrons. The molecule has 1 aliphatic rings. The van der Waals surface area contributed by atoms with Crippen LogP contribution in [0.1, 0.15) is 48.1 Å². The summed E-state index contributed by atoms with van der Waals surface area (Å²) in [4.78, 5) is 12.6. The Kier molecular flexibility index (Phi) is 3.37. The average molecular weight is 338 g/mol. The molecule has 2 heterocycles. The van der Waals surface area contributed by atoms with Gasteiger partial charge in [-0.3, -0.25) is 4.79 Å². The SMILES string of the molecule is CC(C)(O)c1cc2c3c(ccc2o1)C(=O)C[C@@H](c1ccc(O)cc1)O3. The van der Waals surface area contributed by atoms with E-state index in [9.17, 15) is 15.0 Å². The van der Waals surface area contributed by atoms with Crippen LogP contribution in [0.2, 0.25) is 0 Å². The lowest BCUT2D eigenvalue weighted by atomic mass is 9.95. The quantitative estimate of drug-likeness (QED) is 0.736. The molecular formula is C20H18O5. The van der Waals surface area contributed by atoms with Crippen LogP contribution < -0.4 is 4.74 Å². The first kappa shape index (κ1) is 15.7. The zero-order valence-corrected chi connectivity index (χ0v) is 13.9. The lowest BCUT2D eigenvalue weighted by Crippen LogP contribution is -2.20. The molecule has 25 heavy (non-hydrogen) atoms. The van der Waals surface area contributed by atoms with Crippen molar-refractivity contribution in [2.75, 3.05) is 0 Å². The van der Waals surface area contributed by atoms with Gasteiger partial charge < -0.3 is 19.4 Å². The molecule has 0 aliphatic carbocycles. The standard InChI is InChI=1S/C20H18O5/c1-20(2,23)18-9-14-16(24-18)8-7-13-15(22)10-17(25-19(13)14)11-3-5-12(21)6-4-11/h3-9,17,21,23H,10H2,1-2H3/t17-/m0/s1. The number of phenolic OH excluding ortho intramolecular Hbond substituents is 1. The van der Waals surface area contributed by atoms with Gasteiger partial charge in [-0.25, -0.2) is 0 Å². The van der Waals surface area contributed by atoms with E-state index in [1.807, 2.05) is 0 Å². The minimum Gasteiger partial charge on any atom is -0.508 e. The second-order valence-electron chi connectivity index (χ2n) is 6.85. The highest BCUT2D eigenvalue weighted by atomic mass is 16.5. The van der Waals surface area contributed by atoms with Crippen LogP contribution in [0.4, 0.5) is 0 Å². The zero-order chi connectivity index (χ0) is 17.8. The smallest absolute Gasteiger partial charge is 0.170 e. The summed E-state index contributed by atoms with van der Waals surface area (Å²) < 4.78 is 11.8. The number of rotatable bonds is 2. The molecule has 0 spiro atoms. The summed E-state index contributed by atoms with van der Waals surface area (Å²) in [5, 5.41) is 20.3. The number of carbonyl (C=O) groups excluding carboxylic acids is 1. The first-order valence-corrected chi connectivity index (χ1v) is 8.11. The number of hydrogen-bond acceptors (Lipinski definition) is 5. The van der Waals surface area contributed by atoms with E-state index >= 15 is 0 Å². The van der Waals surface area contributed by atoms with E-state index in [0.717, 1.165) is 5.56 Å². The Morgan fingerprint density at radius 1 is 1.12 bits per heavy atom. The van der Waals surface area contributed by atoms with Crippen molar-refractivity contribution >= 4 is 16.8 Å². The van der Waals surface area contributed by atoms with Gasteiger partial charge in [0.05, 0.1) is 17.4 Å². The first-order valence-electron chi connectivity index (χ1n) is 8.11. The lowest BCUT2D eigenvalue weighted by molar-refractivity contribution is 0.0559. The molecule has 0 unspecified atom stereocenters. The zero-order valence-electron chi connectivity index (χ0n) is 13.9. The van der Waals surface area contributed by atoms with E-state index in [1.165, 1.54) is 0 Å². The van der Waals surface area contributed by atoms with Gasteiger partial charge in [-0.15, -0.1) is 0 Å². The van der Waals surface area contributed by atoms with Crippen LogP contribution in [0.25, 0.3) is 11.0 Å². The summed E-state index contributed by atoms with van der Waals surface area (Å²) in [6.07, 6.45) is -0.189. The fraction of sp³-hybridized carbons (Fsp3) is 0.250. The van der Waals surface area contributed by atoms with Crippen molar-refractivity contribution in [2.24, 2.45) is 0 Å². The van der Waals surface area contributed by atoms with E-state index in [4.69, 9.17) is 9.15 Å². The summed E-state index contributed by atoms with van der Waals surface area (Å²) in [5.41, 5.74) is 0.779. The predicted octanol–water partition coefficient (Wildman–Crippen LogP) is 4.07. The molecule has 3 aromatic rings. The maximum absolute atomic E-state index is 12.6. The molecule has 128 valence electrons. The number of aromatic hydroxyl groups is 1. The molecule has 5 heteroatoms. The van der Waals surface area contributed by atoms with Crippen LogP contribution in [0.3, 0.4) is 0 Å². The molecule has 1 atom stereocenters. The third-order valence-corrected chi connectivity index (χ3v) is 4.45. The van der Waals surface area contributed by atoms with Crippen LogP contribution in [0.15, 0.2) is 46.9 Å². The summed E-state index contributed by atoms with van der Waals surface area (Å²) in [7, 11) is 0. The Morgan fingerprint density at radius 2 is 1.84 bits per heavy atom. The monoisotopic (exact) mass is 338 g/mol. The van der Waals surface area contributed by atoms with Crippen LogP contribution >= 0.6 is 0 Å².